The highest BCUT2D eigenvalue weighted by atomic mass is 127. The van der Waals surface area contributed by atoms with Gasteiger partial charge < -0.3 is 9.41 Å². The lowest BCUT2D eigenvalue weighted by Crippen LogP contribution is -2.67. The molecule has 47 heavy (non-hydrogen) atoms. The summed E-state index contributed by atoms with van der Waals surface area (Å²) in [5, 5.41) is 1.80. The van der Waals surface area contributed by atoms with Gasteiger partial charge in [-0.05, 0) is 87.2 Å². The van der Waals surface area contributed by atoms with Crippen molar-refractivity contribution in [3.8, 4) is 0 Å². The van der Waals surface area contributed by atoms with Crippen LogP contribution in [-0.4, -0.2) is 43.3 Å². The van der Waals surface area contributed by atoms with Crippen LogP contribution in [0.4, 0.5) is 22.0 Å². The van der Waals surface area contributed by atoms with Gasteiger partial charge in [0, 0.05) is 31.8 Å². The molecule has 0 saturated carbocycles. The van der Waals surface area contributed by atoms with E-state index in [1.165, 1.54) is 29.2 Å². The quantitative estimate of drug-likeness (QED) is 0.0972. The van der Waals surface area contributed by atoms with Gasteiger partial charge in [-0.3, -0.25) is 4.90 Å². The van der Waals surface area contributed by atoms with Gasteiger partial charge in [0.1, 0.15) is 17.5 Å². The third-order valence-corrected chi connectivity index (χ3v) is 14.8. The predicted octanol–water partition coefficient (Wildman–Crippen LogP) is 8.74. The smallest absolute Gasteiger partial charge is 0.282 e. The summed E-state index contributed by atoms with van der Waals surface area (Å²) in [6.45, 7) is 6.10. The van der Waals surface area contributed by atoms with Crippen LogP contribution in [0.15, 0.2) is 91.0 Å². The lowest BCUT2D eigenvalue weighted by Gasteiger charge is -2.45. The molecule has 1 N–H and O–H groups in total. The van der Waals surface area contributed by atoms with Crippen molar-refractivity contribution in [2.24, 2.45) is 0 Å². The molecule has 0 saturated heterocycles. The van der Waals surface area contributed by atoms with Crippen LogP contribution in [0.1, 0.15) is 50.6 Å². The summed E-state index contributed by atoms with van der Waals surface area (Å²) in [5.74, 6) is -5.53. The Balaban J connectivity index is 1.42. The highest BCUT2D eigenvalue weighted by Crippen LogP contribution is 2.44. The SMILES string of the molecule is C[C@@H]1Cc2c([nH]c3ccc(F)cc23)[C@@H](c2c(F)cc(I)cc2F)N1CC(F)(F)CO[Si](c1ccccc1)(c1ccccc1)C(C)(C)C. The molecule has 0 bridgehead atoms. The van der Waals surface area contributed by atoms with E-state index in [9.17, 15) is 4.39 Å². The topological polar surface area (TPSA) is 28.3 Å². The fourth-order valence-corrected chi connectivity index (χ4v) is 12.3. The third-order valence-electron chi connectivity index (χ3n) is 9.22. The average molecular weight is 775 g/mol. The van der Waals surface area contributed by atoms with E-state index in [0.717, 1.165) is 10.4 Å². The zero-order valence-electron chi connectivity index (χ0n) is 26.6. The first-order valence-corrected chi connectivity index (χ1v) is 18.5. The molecule has 5 aromatic rings. The molecular weight excluding hydrogens is 738 g/mol. The van der Waals surface area contributed by atoms with Crippen LogP contribution < -0.4 is 10.4 Å². The van der Waals surface area contributed by atoms with Crippen LogP contribution in [-0.2, 0) is 10.8 Å². The molecule has 0 amide bonds. The summed E-state index contributed by atoms with van der Waals surface area (Å²) in [4.78, 5) is 4.66. The van der Waals surface area contributed by atoms with Crippen LogP contribution in [0, 0.1) is 21.0 Å². The number of aromatic amines is 1. The van der Waals surface area contributed by atoms with Crippen molar-refractivity contribution < 1.29 is 26.4 Å². The number of H-pyrrole nitrogens is 1. The molecule has 0 spiro atoms. The number of halogens is 6. The second-order valence-corrected chi connectivity index (χ2v) is 19.0. The van der Waals surface area contributed by atoms with E-state index < -0.39 is 62.0 Å². The molecule has 1 aliphatic heterocycles. The normalized spacial score (nSPS) is 17.7. The maximum Gasteiger partial charge on any atom is 0.282 e. The Morgan fingerprint density at radius 2 is 1.45 bits per heavy atom. The largest absolute Gasteiger partial charge is 0.401 e. The summed E-state index contributed by atoms with van der Waals surface area (Å²) < 4.78 is 85.7. The van der Waals surface area contributed by atoms with E-state index in [0.29, 0.717) is 25.7 Å². The summed E-state index contributed by atoms with van der Waals surface area (Å²) in [7, 11) is -3.29. The Morgan fingerprint density at radius 3 is 2.00 bits per heavy atom. The monoisotopic (exact) mass is 774 g/mol. The molecule has 0 fully saturated rings. The highest BCUT2D eigenvalue weighted by molar-refractivity contribution is 14.1. The maximum atomic E-state index is 16.5. The number of fused-ring (bicyclic) bond motifs is 3. The number of hydrogen-bond acceptors (Lipinski definition) is 2. The Hall–Kier alpha value is -3.06. The van der Waals surface area contributed by atoms with E-state index in [1.54, 1.807) is 13.0 Å². The Morgan fingerprint density at radius 1 is 0.872 bits per heavy atom. The minimum absolute atomic E-state index is 0.286. The maximum absolute atomic E-state index is 16.5. The zero-order chi connectivity index (χ0) is 33.7. The molecule has 1 aliphatic rings. The van der Waals surface area contributed by atoms with E-state index in [1.807, 2.05) is 104 Å². The molecule has 246 valence electrons. The van der Waals surface area contributed by atoms with Gasteiger partial charge in [-0.25, -0.2) is 22.0 Å². The van der Waals surface area contributed by atoms with E-state index in [2.05, 4.69) is 4.98 Å². The van der Waals surface area contributed by atoms with Gasteiger partial charge >= 0.3 is 0 Å². The Labute approximate surface area is 286 Å². The molecule has 2 atom stereocenters. The average Bonchev–Trinajstić information content (AvgIpc) is 3.35. The second-order valence-electron chi connectivity index (χ2n) is 13.4. The summed E-state index contributed by atoms with van der Waals surface area (Å²) in [6.07, 6.45) is 0.286. The first-order chi connectivity index (χ1) is 22.2. The lowest BCUT2D eigenvalue weighted by atomic mass is 9.87. The fourth-order valence-electron chi connectivity index (χ4n) is 7.19. The second kappa shape index (κ2) is 12.8. The van der Waals surface area contributed by atoms with Gasteiger partial charge in [0.2, 0.25) is 0 Å². The van der Waals surface area contributed by atoms with Crippen molar-refractivity contribution in [3.05, 3.63) is 129 Å². The number of alkyl halides is 2. The summed E-state index contributed by atoms with van der Waals surface area (Å²) >= 11 is 1.82. The molecule has 10 heteroatoms. The summed E-state index contributed by atoms with van der Waals surface area (Å²) in [5.41, 5.74) is 1.29. The Kier molecular flexibility index (Phi) is 9.18. The zero-order valence-corrected chi connectivity index (χ0v) is 29.7. The van der Waals surface area contributed by atoms with Gasteiger partial charge in [-0.1, -0.05) is 81.4 Å². The first-order valence-electron chi connectivity index (χ1n) is 15.5. The fraction of sp³-hybridized carbons (Fsp3) is 0.297. The summed E-state index contributed by atoms with van der Waals surface area (Å²) in [6, 6.07) is 23.9. The molecule has 2 heterocycles. The van der Waals surface area contributed by atoms with Crippen molar-refractivity contribution in [2.45, 2.75) is 57.2 Å². The predicted molar refractivity (Wildman–Crippen MR) is 188 cm³/mol. The van der Waals surface area contributed by atoms with Crippen molar-refractivity contribution in [1.82, 2.24) is 9.88 Å². The van der Waals surface area contributed by atoms with E-state index >= 15 is 17.6 Å². The lowest BCUT2D eigenvalue weighted by molar-refractivity contribution is -0.0825. The molecule has 0 aliphatic carbocycles. The van der Waals surface area contributed by atoms with Gasteiger partial charge in [-0.15, -0.1) is 0 Å². The van der Waals surface area contributed by atoms with E-state index in [4.69, 9.17) is 4.43 Å². The number of nitrogens with one attached hydrogen (secondary N) is 1. The Bertz CT molecular complexity index is 1830. The van der Waals surface area contributed by atoms with Crippen molar-refractivity contribution in [3.63, 3.8) is 0 Å². The van der Waals surface area contributed by atoms with Gasteiger partial charge in [0.15, 0.2) is 0 Å². The molecule has 0 radical (unpaired) electrons. The molecule has 1 aromatic heterocycles. The molecule has 4 aromatic carbocycles. The molecular formula is C37H36F5IN2OSi. The minimum Gasteiger partial charge on any atom is -0.401 e. The number of hydrogen-bond donors (Lipinski definition) is 1. The third kappa shape index (κ3) is 6.29. The molecule has 3 nitrogen and oxygen atoms in total. The molecule has 6 rings (SSSR count). The molecule has 0 unspecified atom stereocenters. The standard InChI is InChI=1S/C37H36F5IN2OSi/c1-23-17-29-28-18-24(38)15-16-32(28)44-34(29)35(33-30(39)19-25(43)20-31(33)40)45(23)21-37(41,42)22-46-47(36(2,3)4,26-11-7-5-8-12-26)27-13-9-6-10-14-27/h5-16,18-20,23,35,44H,17,21-22H2,1-4H3/t23-,35-/m1/s1. The van der Waals surface area contributed by atoms with Crippen LogP contribution in [0.5, 0.6) is 0 Å². The number of aromatic nitrogens is 1. The van der Waals surface area contributed by atoms with Crippen molar-refractivity contribution in [2.75, 3.05) is 13.2 Å². The van der Waals surface area contributed by atoms with Crippen molar-refractivity contribution >= 4 is 52.2 Å². The van der Waals surface area contributed by atoms with Gasteiger partial charge in [0.25, 0.3) is 14.2 Å². The first kappa shape index (κ1) is 33.8. The van der Waals surface area contributed by atoms with Crippen LogP contribution in [0.25, 0.3) is 10.9 Å². The highest BCUT2D eigenvalue weighted by Gasteiger charge is 2.52. The number of rotatable bonds is 8. The van der Waals surface area contributed by atoms with Crippen LogP contribution in [0.3, 0.4) is 0 Å². The van der Waals surface area contributed by atoms with Gasteiger partial charge in [-0.2, -0.15) is 0 Å². The van der Waals surface area contributed by atoms with Crippen LogP contribution >= 0.6 is 22.6 Å². The van der Waals surface area contributed by atoms with Gasteiger partial charge in [0.05, 0.1) is 19.2 Å². The minimum atomic E-state index is -3.41. The van der Waals surface area contributed by atoms with E-state index in [-0.39, 0.29) is 12.0 Å². The van der Waals surface area contributed by atoms with Crippen molar-refractivity contribution in [1.29, 1.82) is 0 Å². The number of nitrogens with zero attached hydrogens (tertiary/aromatic N) is 1. The number of benzene rings is 4. The van der Waals surface area contributed by atoms with Crippen LogP contribution in [0.2, 0.25) is 5.04 Å².